The normalized spacial score (nSPS) is 22.2. The fourth-order valence-corrected chi connectivity index (χ4v) is 4.33. The van der Waals surface area contributed by atoms with Crippen LogP contribution in [0.2, 0.25) is 0 Å². The lowest BCUT2D eigenvalue weighted by Gasteiger charge is -2.40. The van der Waals surface area contributed by atoms with Gasteiger partial charge in [-0.1, -0.05) is 32.1 Å². The molecule has 2 fully saturated rings. The van der Waals surface area contributed by atoms with Crippen LogP contribution in [0, 0.1) is 0 Å². The van der Waals surface area contributed by atoms with Gasteiger partial charge >= 0.3 is 0 Å². The van der Waals surface area contributed by atoms with Gasteiger partial charge in [0.25, 0.3) is 0 Å². The van der Waals surface area contributed by atoms with E-state index in [9.17, 15) is 0 Å². The first-order valence-corrected chi connectivity index (χ1v) is 10.4. The van der Waals surface area contributed by atoms with Crippen molar-refractivity contribution in [2.45, 2.75) is 69.9 Å². The first-order chi connectivity index (χ1) is 11.6. The lowest BCUT2D eigenvalue weighted by atomic mass is 9.97. The monoisotopic (exact) mass is 354 g/mol. The number of nitrogens with one attached hydrogen (secondary N) is 1. The fraction of sp³-hybridized carbons (Fsp3) is 0.947. The van der Waals surface area contributed by atoms with Gasteiger partial charge in [-0.3, -0.25) is 0 Å². The number of hydrogen-bond acceptors (Lipinski definition) is 3. The molecule has 1 aliphatic carbocycles. The largest absolute Gasteiger partial charge is 0.360 e. The van der Waals surface area contributed by atoms with Crippen molar-refractivity contribution in [3.8, 4) is 0 Å². The molecule has 2 rings (SSSR count). The highest BCUT2D eigenvalue weighted by molar-refractivity contribution is 7.80. The number of likely N-dealkylation sites (tertiary alicyclic amines) is 1. The third-order valence-corrected chi connectivity index (χ3v) is 5.96. The standard InChI is InChI=1S/C19H38N4S/c1-21(2)15-16-23(18-11-13-22(3)14-12-18)19(24)20-17-9-7-5-4-6-8-10-17/h17-18H,4-16H2,1-3H3,(H,20,24). The summed E-state index contributed by atoms with van der Waals surface area (Å²) in [6.45, 7) is 4.49. The Balaban J connectivity index is 1.92. The van der Waals surface area contributed by atoms with E-state index in [0.717, 1.165) is 18.2 Å². The Morgan fingerprint density at radius 2 is 1.54 bits per heavy atom. The Kier molecular flexibility index (Phi) is 8.77. The summed E-state index contributed by atoms with van der Waals surface area (Å²) in [5.74, 6) is 0. The van der Waals surface area contributed by atoms with E-state index in [1.165, 1.54) is 70.9 Å². The molecule has 1 N–H and O–H groups in total. The van der Waals surface area contributed by atoms with Crippen molar-refractivity contribution in [3.63, 3.8) is 0 Å². The minimum absolute atomic E-state index is 0.589. The Bertz CT molecular complexity index is 358. The topological polar surface area (TPSA) is 21.8 Å². The van der Waals surface area contributed by atoms with E-state index in [4.69, 9.17) is 12.2 Å². The molecule has 0 bridgehead atoms. The number of piperidine rings is 1. The molecule has 5 heteroatoms. The zero-order valence-electron chi connectivity index (χ0n) is 16.1. The van der Waals surface area contributed by atoms with Crippen molar-refractivity contribution in [2.75, 3.05) is 47.3 Å². The van der Waals surface area contributed by atoms with Gasteiger partial charge in [0.1, 0.15) is 0 Å². The number of likely N-dealkylation sites (N-methyl/N-ethyl adjacent to an activating group) is 1. The summed E-state index contributed by atoms with van der Waals surface area (Å²) >= 11 is 5.88. The average molecular weight is 355 g/mol. The zero-order valence-corrected chi connectivity index (χ0v) is 16.9. The molecule has 0 aromatic rings. The average Bonchev–Trinajstić information content (AvgIpc) is 2.51. The summed E-state index contributed by atoms with van der Waals surface area (Å²) < 4.78 is 0. The van der Waals surface area contributed by atoms with Crippen molar-refractivity contribution in [1.82, 2.24) is 20.0 Å². The second-order valence-electron chi connectivity index (χ2n) is 8.02. The van der Waals surface area contributed by atoms with E-state index in [-0.39, 0.29) is 0 Å². The van der Waals surface area contributed by atoms with Crippen LogP contribution in [0.5, 0.6) is 0 Å². The molecule has 2 aliphatic rings. The molecule has 0 unspecified atom stereocenters. The molecule has 0 aromatic heterocycles. The van der Waals surface area contributed by atoms with Crippen molar-refractivity contribution < 1.29 is 0 Å². The quantitative estimate of drug-likeness (QED) is 0.764. The van der Waals surface area contributed by atoms with Crippen LogP contribution in [0.15, 0.2) is 0 Å². The smallest absolute Gasteiger partial charge is 0.169 e. The summed E-state index contributed by atoms with van der Waals surface area (Å²) in [7, 11) is 6.53. The molecule has 1 aliphatic heterocycles. The van der Waals surface area contributed by atoms with Crippen LogP contribution >= 0.6 is 12.2 Å². The zero-order chi connectivity index (χ0) is 17.4. The molecule has 140 valence electrons. The maximum atomic E-state index is 5.88. The first kappa shape index (κ1) is 19.9. The minimum Gasteiger partial charge on any atom is -0.360 e. The van der Waals surface area contributed by atoms with E-state index >= 15 is 0 Å². The summed E-state index contributed by atoms with van der Waals surface area (Å²) in [5, 5.41) is 4.76. The van der Waals surface area contributed by atoms with E-state index < -0.39 is 0 Å². The predicted molar refractivity (Wildman–Crippen MR) is 108 cm³/mol. The molecule has 1 saturated heterocycles. The van der Waals surface area contributed by atoms with Crippen molar-refractivity contribution in [2.24, 2.45) is 0 Å². The highest BCUT2D eigenvalue weighted by atomic mass is 32.1. The van der Waals surface area contributed by atoms with Crippen LogP contribution in [-0.2, 0) is 0 Å². The van der Waals surface area contributed by atoms with Gasteiger partial charge < -0.3 is 20.0 Å². The van der Waals surface area contributed by atoms with Gasteiger partial charge in [0.2, 0.25) is 0 Å². The van der Waals surface area contributed by atoms with Crippen LogP contribution in [0.25, 0.3) is 0 Å². The number of nitrogens with zero attached hydrogens (tertiary/aromatic N) is 3. The van der Waals surface area contributed by atoms with Crippen molar-refractivity contribution in [3.05, 3.63) is 0 Å². The number of rotatable bonds is 5. The highest BCUT2D eigenvalue weighted by Gasteiger charge is 2.26. The predicted octanol–water partition coefficient (Wildman–Crippen LogP) is 2.93. The molecule has 4 nitrogen and oxygen atoms in total. The van der Waals surface area contributed by atoms with Gasteiger partial charge in [-0.25, -0.2) is 0 Å². The molecule has 0 aromatic carbocycles. The molecule has 24 heavy (non-hydrogen) atoms. The molecular weight excluding hydrogens is 316 g/mol. The fourth-order valence-electron chi connectivity index (χ4n) is 3.92. The lowest BCUT2D eigenvalue weighted by molar-refractivity contribution is 0.166. The highest BCUT2D eigenvalue weighted by Crippen LogP contribution is 2.19. The van der Waals surface area contributed by atoms with Gasteiger partial charge in [-0.15, -0.1) is 0 Å². The molecule has 0 amide bonds. The Hall–Kier alpha value is -0.390. The van der Waals surface area contributed by atoms with Crippen molar-refractivity contribution in [1.29, 1.82) is 0 Å². The van der Waals surface area contributed by atoms with Crippen LogP contribution in [-0.4, -0.2) is 79.2 Å². The van der Waals surface area contributed by atoms with E-state index in [1.54, 1.807) is 0 Å². The maximum Gasteiger partial charge on any atom is 0.169 e. The Morgan fingerprint density at radius 1 is 0.958 bits per heavy atom. The molecular formula is C19H38N4S. The second kappa shape index (κ2) is 10.6. The van der Waals surface area contributed by atoms with Crippen LogP contribution in [0.4, 0.5) is 0 Å². The van der Waals surface area contributed by atoms with E-state index in [2.05, 4.69) is 41.2 Å². The lowest BCUT2D eigenvalue weighted by Crippen LogP contribution is -2.53. The first-order valence-electron chi connectivity index (χ1n) is 9.96. The number of hydrogen-bond donors (Lipinski definition) is 1. The second-order valence-corrected chi connectivity index (χ2v) is 8.41. The van der Waals surface area contributed by atoms with Crippen LogP contribution < -0.4 is 5.32 Å². The Morgan fingerprint density at radius 3 is 2.12 bits per heavy atom. The Labute approximate surface area is 154 Å². The maximum absolute atomic E-state index is 5.88. The van der Waals surface area contributed by atoms with Gasteiger partial charge in [-0.05, 0) is 72.1 Å². The van der Waals surface area contributed by atoms with E-state index in [1.807, 2.05) is 0 Å². The number of thiocarbonyl (C=S) groups is 1. The third kappa shape index (κ3) is 6.85. The summed E-state index contributed by atoms with van der Waals surface area (Å²) in [6, 6.07) is 1.20. The third-order valence-electron chi connectivity index (χ3n) is 5.61. The van der Waals surface area contributed by atoms with Gasteiger partial charge in [-0.2, -0.15) is 0 Å². The molecule has 1 saturated carbocycles. The van der Waals surface area contributed by atoms with Gasteiger partial charge in [0.05, 0.1) is 0 Å². The molecule has 0 spiro atoms. The molecule has 1 heterocycles. The van der Waals surface area contributed by atoms with Gasteiger partial charge in [0.15, 0.2) is 5.11 Å². The molecule has 0 radical (unpaired) electrons. The SMILES string of the molecule is CN(C)CCN(C(=S)NC1CCCCCCC1)C1CCN(C)CC1. The van der Waals surface area contributed by atoms with Crippen LogP contribution in [0.3, 0.4) is 0 Å². The van der Waals surface area contributed by atoms with E-state index in [0.29, 0.717) is 12.1 Å². The summed E-state index contributed by atoms with van der Waals surface area (Å²) in [4.78, 5) is 7.20. The van der Waals surface area contributed by atoms with Crippen LogP contribution in [0.1, 0.15) is 57.8 Å². The summed E-state index contributed by atoms with van der Waals surface area (Å²) in [5.41, 5.74) is 0. The minimum atomic E-state index is 0.589. The van der Waals surface area contributed by atoms with Gasteiger partial charge in [0, 0.05) is 25.2 Å². The van der Waals surface area contributed by atoms with Crippen molar-refractivity contribution >= 4 is 17.3 Å². The summed E-state index contributed by atoms with van der Waals surface area (Å²) in [6.07, 6.45) is 11.9. The molecule has 0 atom stereocenters.